The van der Waals surface area contributed by atoms with Crippen molar-refractivity contribution in [1.82, 2.24) is 20.9 Å². The van der Waals surface area contributed by atoms with Crippen molar-refractivity contribution in [3.05, 3.63) is 23.3 Å². The number of rotatable bonds is 9. The topological polar surface area (TPSA) is 91.9 Å². The molecule has 2 amide bonds. The molecule has 0 aliphatic heterocycles. The maximum atomic E-state index is 12.9. The number of carbonyl (C=O) groups is 2. The second-order valence-corrected chi connectivity index (χ2v) is 7.62. The van der Waals surface area contributed by atoms with Crippen LogP contribution in [0, 0.1) is 0 Å². The third-order valence-electron chi connectivity index (χ3n) is 5.33. The Morgan fingerprint density at radius 1 is 0.966 bits per heavy atom. The summed E-state index contributed by atoms with van der Waals surface area (Å²) < 4.78 is 10.7. The summed E-state index contributed by atoms with van der Waals surface area (Å²) in [6.45, 7) is 1.21. The molecule has 1 aliphatic carbocycles. The van der Waals surface area contributed by atoms with Crippen LogP contribution in [-0.4, -0.2) is 77.3 Å². The second-order valence-electron chi connectivity index (χ2n) is 7.62. The van der Waals surface area contributed by atoms with E-state index in [1.165, 1.54) is 14.2 Å². The number of ether oxygens (including phenoxy) is 2. The molecule has 0 radical (unpaired) electrons. The Hall–Kier alpha value is -2.32. The smallest absolute Gasteiger partial charge is 0.255 e. The summed E-state index contributed by atoms with van der Waals surface area (Å²) in [4.78, 5) is 27.6. The van der Waals surface area contributed by atoms with Crippen molar-refractivity contribution in [3.8, 4) is 11.5 Å². The highest BCUT2D eigenvalue weighted by Crippen LogP contribution is 2.30. The molecule has 29 heavy (non-hydrogen) atoms. The Bertz CT molecular complexity index is 700. The first kappa shape index (κ1) is 23.0. The predicted octanol–water partition coefficient (Wildman–Crippen LogP) is 1.26. The quantitative estimate of drug-likeness (QED) is 0.572. The van der Waals surface area contributed by atoms with Crippen LogP contribution in [0.3, 0.4) is 0 Å². The van der Waals surface area contributed by atoms with Gasteiger partial charge in [0.25, 0.3) is 11.8 Å². The molecule has 1 aromatic rings. The molecule has 0 saturated heterocycles. The summed E-state index contributed by atoms with van der Waals surface area (Å²) in [6, 6.07) is 3.78. The van der Waals surface area contributed by atoms with Crippen molar-refractivity contribution in [2.75, 3.05) is 48.5 Å². The summed E-state index contributed by atoms with van der Waals surface area (Å²) in [5, 5.41) is 9.24. The second kappa shape index (κ2) is 11.0. The van der Waals surface area contributed by atoms with E-state index < -0.39 is 0 Å². The average Bonchev–Trinajstić information content (AvgIpc) is 2.72. The van der Waals surface area contributed by atoms with Gasteiger partial charge in [0.2, 0.25) is 0 Å². The Morgan fingerprint density at radius 2 is 1.52 bits per heavy atom. The molecule has 0 atom stereocenters. The lowest BCUT2D eigenvalue weighted by Crippen LogP contribution is -2.41. The molecule has 8 heteroatoms. The molecule has 8 nitrogen and oxygen atoms in total. The molecule has 2 rings (SSSR count). The number of benzene rings is 1. The molecule has 1 aliphatic rings. The molecule has 0 aromatic heterocycles. The molecule has 1 fully saturated rings. The van der Waals surface area contributed by atoms with Crippen LogP contribution in [0.4, 0.5) is 0 Å². The average molecular weight is 407 g/mol. The third kappa shape index (κ3) is 6.33. The van der Waals surface area contributed by atoms with Gasteiger partial charge in [-0.15, -0.1) is 0 Å². The van der Waals surface area contributed by atoms with E-state index in [-0.39, 0.29) is 17.9 Å². The van der Waals surface area contributed by atoms with Crippen LogP contribution in [0.15, 0.2) is 12.1 Å². The fraction of sp³-hybridized carbons (Fsp3) is 0.619. The Morgan fingerprint density at radius 3 is 2.03 bits per heavy atom. The van der Waals surface area contributed by atoms with E-state index in [1.54, 1.807) is 12.1 Å². The maximum absolute atomic E-state index is 12.9. The van der Waals surface area contributed by atoms with Crippen molar-refractivity contribution in [2.45, 2.75) is 37.8 Å². The van der Waals surface area contributed by atoms with E-state index in [0.717, 1.165) is 25.7 Å². The minimum absolute atomic E-state index is 0.122. The van der Waals surface area contributed by atoms with Gasteiger partial charge in [-0.25, -0.2) is 0 Å². The number of methoxy groups -OCH3 is 2. The summed E-state index contributed by atoms with van der Waals surface area (Å²) in [7, 11) is 8.84. The molecular formula is C21H34N4O4. The van der Waals surface area contributed by atoms with Gasteiger partial charge in [-0.2, -0.15) is 0 Å². The minimum atomic E-state index is -0.282. The van der Waals surface area contributed by atoms with E-state index in [1.807, 2.05) is 26.0 Å². The van der Waals surface area contributed by atoms with E-state index in [0.29, 0.717) is 41.8 Å². The van der Waals surface area contributed by atoms with Gasteiger partial charge in [0.1, 0.15) is 11.5 Å². The summed E-state index contributed by atoms with van der Waals surface area (Å²) >= 11 is 0. The van der Waals surface area contributed by atoms with Crippen LogP contribution < -0.4 is 25.4 Å². The lowest BCUT2D eigenvalue weighted by Gasteiger charge is -2.29. The number of nitrogens with one attached hydrogen (secondary N) is 3. The van der Waals surface area contributed by atoms with Gasteiger partial charge < -0.3 is 30.3 Å². The number of carbonyl (C=O) groups excluding carboxylic acids is 2. The zero-order chi connectivity index (χ0) is 21.4. The highest BCUT2D eigenvalue weighted by atomic mass is 16.5. The number of likely N-dealkylation sites (N-methyl/N-ethyl adjacent to an activating group) is 1. The number of hydrogen-bond acceptors (Lipinski definition) is 6. The Labute approximate surface area is 173 Å². The number of nitrogens with zero attached hydrogens (tertiary/aromatic N) is 1. The number of hydrogen-bond donors (Lipinski definition) is 3. The molecule has 162 valence electrons. The van der Waals surface area contributed by atoms with Crippen molar-refractivity contribution in [3.63, 3.8) is 0 Å². The first-order valence-corrected chi connectivity index (χ1v) is 10.1. The zero-order valence-corrected chi connectivity index (χ0v) is 18.1. The van der Waals surface area contributed by atoms with Gasteiger partial charge in [0.15, 0.2) is 0 Å². The zero-order valence-electron chi connectivity index (χ0n) is 18.1. The van der Waals surface area contributed by atoms with Crippen LogP contribution in [0.2, 0.25) is 0 Å². The van der Waals surface area contributed by atoms with E-state index in [2.05, 4.69) is 16.0 Å². The van der Waals surface area contributed by atoms with Crippen molar-refractivity contribution in [2.24, 2.45) is 0 Å². The van der Waals surface area contributed by atoms with Crippen LogP contribution >= 0.6 is 0 Å². The minimum Gasteiger partial charge on any atom is -0.496 e. The third-order valence-corrected chi connectivity index (χ3v) is 5.33. The van der Waals surface area contributed by atoms with Crippen LogP contribution in [0.25, 0.3) is 0 Å². The van der Waals surface area contributed by atoms with Crippen LogP contribution in [0.1, 0.15) is 46.4 Å². The van der Waals surface area contributed by atoms with Crippen LogP contribution in [-0.2, 0) is 0 Å². The molecular weight excluding hydrogens is 372 g/mol. The van der Waals surface area contributed by atoms with Crippen molar-refractivity contribution < 1.29 is 19.1 Å². The highest BCUT2D eigenvalue weighted by molar-refractivity contribution is 6.03. The van der Waals surface area contributed by atoms with Crippen LogP contribution in [0.5, 0.6) is 11.5 Å². The number of amides is 2. The first-order valence-electron chi connectivity index (χ1n) is 10.1. The molecule has 1 saturated carbocycles. The largest absolute Gasteiger partial charge is 0.496 e. The van der Waals surface area contributed by atoms with Gasteiger partial charge in [-0.1, -0.05) is 0 Å². The first-order chi connectivity index (χ1) is 13.9. The molecule has 0 heterocycles. The summed E-state index contributed by atoms with van der Waals surface area (Å²) in [5.74, 6) is 0.234. The van der Waals surface area contributed by atoms with E-state index in [9.17, 15) is 9.59 Å². The fourth-order valence-electron chi connectivity index (χ4n) is 3.53. The Kier molecular flexibility index (Phi) is 8.72. The van der Waals surface area contributed by atoms with Gasteiger partial charge in [-0.05, 0) is 52.9 Å². The highest BCUT2D eigenvalue weighted by Gasteiger charge is 2.25. The van der Waals surface area contributed by atoms with Crippen molar-refractivity contribution >= 4 is 11.8 Å². The van der Waals surface area contributed by atoms with Crippen molar-refractivity contribution in [1.29, 1.82) is 0 Å². The van der Waals surface area contributed by atoms with Gasteiger partial charge in [-0.3, -0.25) is 9.59 Å². The molecule has 0 unspecified atom stereocenters. The summed E-state index contributed by atoms with van der Waals surface area (Å²) in [5.41, 5.74) is 0.651. The van der Waals surface area contributed by atoms with Gasteiger partial charge in [0, 0.05) is 31.2 Å². The van der Waals surface area contributed by atoms with Gasteiger partial charge in [0.05, 0.1) is 25.3 Å². The monoisotopic (exact) mass is 406 g/mol. The molecule has 0 spiro atoms. The maximum Gasteiger partial charge on any atom is 0.255 e. The Balaban J connectivity index is 2.17. The fourth-order valence-corrected chi connectivity index (χ4v) is 3.53. The predicted molar refractivity (Wildman–Crippen MR) is 113 cm³/mol. The molecule has 3 N–H and O–H groups in total. The molecule has 0 bridgehead atoms. The molecule has 1 aromatic carbocycles. The van der Waals surface area contributed by atoms with Gasteiger partial charge >= 0.3 is 0 Å². The normalized spacial score (nSPS) is 19.0. The SMILES string of the molecule is CNC1CCC(NC(=O)c2cc(C(=O)NCCN(C)C)c(OC)cc2OC)CC1. The van der Waals surface area contributed by atoms with E-state index in [4.69, 9.17) is 9.47 Å². The lowest BCUT2D eigenvalue weighted by molar-refractivity contribution is 0.0921. The lowest BCUT2D eigenvalue weighted by atomic mass is 9.91. The standard InChI is InChI=1S/C21H34N4O4/c1-22-14-6-8-15(9-7-14)24-21(27)17-12-16(18(28-4)13-19(17)29-5)20(26)23-10-11-25(2)3/h12-15,22H,6-11H2,1-5H3,(H,23,26)(H,24,27). The van der Waals surface area contributed by atoms with E-state index >= 15 is 0 Å². The summed E-state index contributed by atoms with van der Waals surface area (Å²) in [6.07, 6.45) is 3.91.